The summed E-state index contributed by atoms with van der Waals surface area (Å²) >= 11 is 0. The lowest BCUT2D eigenvalue weighted by molar-refractivity contribution is -0.142. The molecule has 1 aliphatic rings. The van der Waals surface area contributed by atoms with Crippen LogP contribution in [0.3, 0.4) is 0 Å². The molecule has 18 heavy (non-hydrogen) atoms. The van der Waals surface area contributed by atoms with E-state index in [0.29, 0.717) is 6.42 Å². The molecule has 1 saturated heterocycles. The number of carbonyl (C=O) groups excluding carboxylic acids is 1. The number of nitrogens with one attached hydrogen (secondary N) is 1. The number of nitrogens with zero attached hydrogens (tertiary/aromatic N) is 1. The quantitative estimate of drug-likeness (QED) is 0.736. The zero-order chi connectivity index (χ0) is 13.4. The Morgan fingerprint density at radius 2 is 2.11 bits per heavy atom. The third kappa shape index (κ3) is 4.58. The average Bonchev–Trinajstić information content (AvgIpc) is 2.54. The molecule has 0 aliphatic carbocycles. The highest BCUT2D eigenvalue weighted by Crippen LogP contribution is 2.26. The van der Waals surface area contributed by atoms with Gasteiger partial charge in [0.05, 0.1) is 13.5 Å². The molecule has 1 N–H and O–H groups in total. The van der Waals surface area contributed by atoms with Crippen LogP contribution in [0.2, 0.25) is 0 Å². The molecule has 0 aromatic rings. The van der Waals surface area contributed by atoms with Gasteiger partial charge in [-0.3, -0.25) is 4.79 Å². The summed E-state index contributed by atoms with van der Waals surface area (Å²) in [5.74, 6) is -0.0973. The van der Waals surface area contributed by atoms with Gasteiger partial charge in [0.2, 0.25) is 0 Å². The fraction of sp³-hybridized carbons (Fsp3) is 0.929. The Labute approximate surface area is 111 Å². The number of hydrogen-bond acceptors (Lipinski definition) is 4. The maximum Gasteiger partial charge on any atom is 0.307 e. The monoisotopic (exact) mass is 256 g/mol. The minimum atomic E-state index is -0.0973. The van der Waals surface area contributed by atoms with Crippen LogP contribution in [0.1, 0.15) is 46.0 Å². The van der Waals surface area contributed by atoms with Gasteiger partial charge in [0.1, 0.15) is 0 Å². The van der Waals surface area contributed by atoms with Crippen molar-refractivity contribution in [2.45, 2.75) is 51.5 Å². The van der Waals surface area contributed by atoms with Crippen molar-refractivity contribution >= 4 is 5.97 Å². The highest BCUT2D eigenvalue weighted by molar-refractivity contribution is 5.70. The summed E-state index contributed by atoms with van der Waals surface area (Å²) in [4.78, 5) is 14.1. The maximum atomic E-state index is 11.6. The number of likely N-dealkylation sites (tertiary alicyclic amines) is 1. The van der Waals surface area contributed by atoms with E-state index in [2.05, 4.69) is 24.1 Å². The average molecular weight is 256 g/mol. The lowest BCUT2D eigenvalue weighted by Gasteiger charge is -2.33. The molecule has 0 spiro atoms. The zero-order valence-electron chi connectivity index (χ0n) is 12.1. The number of ether oxygens (including phenoxy) is 1. The van der Waals surface area contributed by atoms with Crippen LogP contribution >= 0.6 is 0 Å². The summed E-state index contributed by atoms with van der Waals surface area (Å²) in [7, 11) is 1.47. The lowest BCUT2D eigenvalue weighted by atomic mass is 9.87. The lowest BCUT2D eigenvalue weighted by Crippen LogP contribution is -2.47. The molecule has 1 rings (SSSR count). The first-order chi connectivity index (χ1) is 8.65. The molecular formula is C14H28N2O2. The fourth-order valence-corrected chi connectivity index (χ4v) is 2.93. The van der Waals surface area contributed by atoms with Gasteiger partial charge in [-0.05, 0) is 51.9 Å². The number of methoxy groups -OCH3 is 1. The summed E-state index contributed by atoms with van der Waals surface area (Å²) in [6, 6.07) is 0. The van der Waals surface area contributed by atoms with E-state index in [4.69, 9.17) is 4.74 Å². The van der Waals surface area contributed by atoms with Crippen molar-refractivity contribution in [3.8, 4) is 0 Å². The highest BCUT2D eigenvalue weighted by atomic mass is 16.5. The van der Waals surface area contributed by atoms with Crippen LogP contribution in [0.25, 0.3) is 0 Å². The molecule has 1 fully saturated rings. The first-order valence-electron chi connectivity index (χ1n) is 7.20. The Balaban J connectivity index is 2.63. The number of rotatable bonds is 6. The molecule has 1 unspecified atom stereocenters. The first kappa shape index (κ1) is 15.4. The Morgan fingerprint density at radius 3 is 2.72 bits per heavy atom. The van der Waals surface area contributed by atoms with E-state index in [1.807, 2.05) is 0 Å². The van der Waals surface area contributed by atoms with E-state index in [1.54, 1.807) is 0 Å². The molecule has 0 saturated carbocycles. The molecule has 1 atom stereocenters. The van der Waals surface area contributed by atoms with E-state index in [9.17, 15) is 4.79 Å². The van der Waals surface area contributed by atoms with Gasteiger partial charge in [-0.1, -0.05) is 13.8 Å². The van der Waals surface area contributed by atoms with Crippen molar-refractivity contribution in [3.05, 3.63) is 0 Å². The van der Waals surface area contributed by atoms with Crippen molar-refractivity contribution in [1.29, 1.82) is 0 Å². The van der Waals surface area contributed by atoms with E-state index < -0.39 is 0 Å². The van der Waals surface area contributed by atoms with Gasteiger partial charge in [-0.2, -0.15) is 0 Å². The van der Waals surface area contributed by atoms with Gasteiger partial charge >= 0.3 is 5.97 Å². The summed E-state index contributed by atoms with van der Waals surface area (Å²) in [6.45, 7) is 8.63. The topological polar surface area (TPSA) is 41.6 Å². The predicted molar refractivity (Wildman–Crippen MR) is 73.6 cm³/mol. The summed E-state index contributed by atoms with van der Waals surface area (Å²) in [5.41, 5.74) is -0.0513. The molecule has 4 heteroatoms. The number of esters is 1. The Kier molecular flexibility index (Phi) is 6.65. The van der Waals surface area contributed by atoms with E-state index in [-0.39, 0.29) is 11.5 Å². The van der Waals surface area contributed by atoms with Crippen molar-refractivity contribution < 1.29 is 9.53 Å². The maximum absolute atomic E-state index is 11.6. The second kappa shape index (κ2) is 7.74. The predicted octanol–water partition coefficient (Wildman–Crippen LogP) is 1.79. The van der Waals surface area contributed by atoms with Gasteiger partial charge in [-0.15, -0.1) is 0 Å². The normalized spacial score (nSPS) is 25.7. The van der Waals surface area contributed by atoms with Gasteiger partial charge in [0, 0.05) is 5.54 Å². The molecule has 0 aromatic carbocycles. The highest BCUT2D eigenvalue weighted by Gasteiger charge is 2.34. The molecular weight excluding hydrogens is 228 g/mol. The molecule has 1 heterocycles. The van der Waals surface area contributed by atoms with Crippen LogP contribution in [-0.4, -0.2) is 49.7 Å². The second-order valence-corrected chi connectivity index (χ2v) is 5.26. The van der Waals surface area contributed by atoms with Gasteiger partial charge in [0.15, 0.2) is 0 Å². The summed E-state index contributed by atoms with van der Waals surface area (Å²) < 4.78 is 4.85. The molecule has 1 aliphatic heterocycles. The number of hydrogen-bond donors (Lipinski definition) is 1. The summed E-state index contributed by atoms with van der Waals surface area (Å²) in [6.07, 6.45) is 4.96. The fourth-order valence-electron chi connectivity index (χ4n) is 2.93. The molecule has 4 nitrogen and oxygen atoms in total. The second-order valence-electron chi connectivity index (χ2n) is 5.26. The van der Waals surface area contributed by atoms with Crippen molar-refractivity contribution in [3.63, 3.8) is 0 Å². The van der Waals surface area contributed by atoms with Crippen LogP contribution in [0, 0.1) is 0 Å². The minimum absolute atomic E-state index is 0.0513. The van der Waals surface area contributed by atoms with E-state index >= 15 is 0 Å². The smallest absolute Gasteiger partial charge is 0.307 e. The van der Waals surface area contributed by atoms with Crippen LogP contribution in [0.15, 0.2) is 0 Å². The van der Waals surface area contributed by atoms with Gasteiger partial charge in [-0.25, -0.2) is 0 Å². The summed E-state index contributed by atoms with van der Waals surface area (Å²) in [5, 5.41) is 3.54. The van der Waals surface area contributed by atoms with Crippen LogP contribution in [-0.2, 0) is 9.53 Å². The Hall–Kier alpha value is -0.610. The molecule has 0 radical (unpaired) electrons. The van der Waals surface area contributed by atoms with Crippen molar-refractivity contribution in [2.24, 2.45) is 0 Å². The van der Waals surface area contributed by atoms with Crippen molar-refractivity contribution in [1.82, 2.24) is 10.2 Å². The van der Waals surface area contributed by atoms with Crippen LogP contribution in [0.4, 0.5) is 0 Å². The molecule has 0 aromatic heterocycles. The third-order valence-corrected chi connectivity index (χ3v) is 3.84. The standard InChI is InChI=1S/C14H28N2O2/c1-4-9-16-10-6-7-14(8-11-16,15-5-2)12-13(17)18-3/h15H,4-12H2,1-3H3. The van der Waals surface area contributed by atoms with Crippen molar-refractivity contribution in [2.75, 3.05) is 33.3 Å². The molecule has 0 amide bonds. The third-order valence-electron chi connectivity index (χ3n) is 3.84. The number of carbonyl (C=O) groups is 1. The Morgan fingerprint density at radius 1 is 1.33 bits per heavy atom. The van der Waals surface area contributed by atoms with E-state index in [0.717, 1.165) is 38.9 Å². The molecule has 106 valence electrons. The van der Waals surface area contributed by atoms with Gasteiger partial charge < -0.3 is 15.0 Å². The zero-order valence-corrected chi connectivity index (χ0v) is 12.1. The minimum Gasteiger partial charge on any atom is -0.469 e. The largest absolute Gasteiger partial charge is 0.469 e. The van der Waals surface area contributed by atoms with Crippen LogP contribution < -0.4 is 5.32 Å². The van der Waals surface area contributed by atoms with Gasteiger partial charge in [0.25, 0.3) is 0 Å². The first-order valence-corrected chi connectivity index (χ1v) is 7.20. The van der Waals surface area contributed by atoms with E-state index in [1.165, 1.54) is 20.1 Å². The SMILES string of the molecule is CCCN1CCCC(CC(=O)OC)(NCC)CC1. The van der Waals surface area contributed by atoms with Crippen LogP contribution in [0.5, 0.6) is 0 Å². The Bertz CT molecular complexity index is 258. The molecule has 0 bridgehead atoms.